The van der Waals surface area contributed by atoms with E-state index in [1.807, 2.05) is 24.3 Å². The van der Waals surface area contributed by atoms with Gasteiger partial charge in [-0.1, -0.05) is 55.3 Å². The normalized spacial score (nSPS) is 34.2. The second kappa shape index (κ2) is 7.95. The molecule has 26 heavy (non-hydrogen) atoms. The Balaban J connectivity index is 1.36. The summed E-state index contributed by atoms with van der Waals surface area (Å²) in [7, 11) is -1.41. The first-order valence-corrected chi connectivity index (χ1v) is 11.0. The van der Waals surface area contributed by atoms with E-state index in [9.17, 15) is 9.00 Å². The highest BCUT2D eigenvalue weighted by Crippen LogP contribution is 2.41. The monoisotopic (exact) mass is 373 g/mol. The summed E-state index contributed by atoms with van der Waals surface area (Å²) >= 11 is 0. The number of carbonyl (C=O) groups excluding carboxylic acids is 1. The van der Waals surface area contributed by atoms with Crippen molar-refractivity contribution in [1.29, 1.82) is 0 Å². The number of amides is 1. The molecule has 3 aliphatic rings. The van der Waals surface area contributed by atoms with Crippen LogP contribution in [-0.4, -0.2) is 21.7 Å². The number of benzene rings is 1. The fourth-order valence-electron chi connectivity index (χ4n) is 4.92. The van der Waals surface area contributed by atoms with Gasteiger partial charge in [-0.3, -0.25) is 0 Å². The van der Waals surface area contributed by atoms with Crippen LogP contribution in [0, 0.1) is 11.8 Å². The Kier molecular flexibility index (Phi) is 5.44. The second-order valence-corrected chi connectivity index (χ2v) is 9.10. The Morgan fingerprint density at radius 2 is 1.81 bits per heavy atom. The molecular weight excluding hydrogens is 346 g/mol. The van der Waals surface area contributed by atoms with Gasteiger partial charge in [-0.05, 0) is 49.5 Å². The van der Waals surface area contributed by atoms with Crippen molar-refractivity contribution in [1.82, 2.24) is 4.72 Å². The van der Waals surface area contributed by atoms with Crippen LogP contribution < -0.4 is 4.72 Å². The molecule has 1 N–H and O–H groups in total. The van der Waals surface area contributed by atoms with Gasteiger partial charge in [0.2, 0.25) is 0 Å². The zero-order valence-corrected chi connectivity index (χ0v) is 15.8. The molecule has 2 saturated carbocycles. The fraction of sp³-hybridized carbons (Fsp3) is 0.571. The molecule has 4 nitrogen and oxygen atoms in total. The smallest absolute Gasteiger partial charge is 0.419 e. The Hall–Kier alpha value is -1.62. The van der Waals surface area contributed by atoms with Crippen LogP contribution >= 0.6 is 0 Å². The topological polar surface area (TPSA) is 55.4 Å². The fourth-order valence-corrected chi connectivity index (χ4v) is 6.16. The Morgan fingerprint density at radius 1 is 1.00 bits per heavy atom. The van der Waals surface area contributed by atoms with Gasteiger partial charge in [-0.25, -0.2) is 13.7 Å². The average Bonchev–Trinajstić information content (AvgIpc) is 3.26. The summed E-state index contributed by atoms with van der Waals surface area (Å²) in [6, 6.07) is 10.3. The van der Waals surface area contributed by atoms with Crippen molar-refractivity contribution in [2.45, 2.75) is 62.2 Å². The van der Waals surface area contributed by atoms with Gasteiger partial charge in [-0.2, -0.15) is 0 Å². The van der Waals surface area contributed by atoms with Crippen LogP contribution in [0.5, 0.6) is 0 Å². The summed E-state index contributed by atoms with van der Waals surface area (Å²) < 4.78 is 21.0. The molecule has 6 atom stereocenters. The summed E-state index contributed by atoms with van der Waals surface area (Å²) in [5, 5.41) is -0.0636. The molecule has 1 aromatic rings. The molecule has 3 aliphatic carbocycles. The van der Waals surface area contributed by atoms with Crippen molar-refractivity contribution in [2.24, 2.45) is 11.8 Å². The summed E-state index contributed by atoms with van der Waals surface area (Å²) in [4.78, 5) is 12.4. The van der Waals surface area contributed by atoms with Gasteiger partial charge in [0.1, 0.15) is 17.1 Å². The van der Waals surface area contributed by atoms with Crippen LogP contribution in [0.1, 0.15) is 56.4 Å². The third-order valence-electron chi connectivity index (χ3n) is 6.21. The van der Waals surface area contributed by atoms with Crippen LogP contribution in [0.3, 0.4) is 0 Å². The summed E-state index contributed by atoms with van der Waals surface area (Å²) in [5.74, 6) is 1.19. The lowest BCUT2D eigenvalue weighted by molar-refractivity contribution is 0.0652. The first kappa shape index (κ1) is 17.8. The van der Waals surface area contributed by atoms with Gasteiger partial charge >= 0.3 is 6.09 Å². The molecule has 140 valence electrons. The zero-order valence-electron chi connectivity index (χ0n) is 15.0. The van der Waals surface area contributed by atoms with Gasteiger partial charge in [0.05, 0.1) is 5.25 Å². The van der Waals surface area contributed by atoms with Gasteiger partial charge < -0.3 is 4.74 Å². The third-order valence-corrected chi connectivity index (χ3v) is 7.58. The molecule has 0 aliphatic heterocycles. The quantitative estimate of drug-likeness (QED) is 0.793. The molecule has 2 fully saturated rings. The predicted molar refractivity (Wildman–Crippen MR) is 103 cm³/mol. The van der Waals surface area contributed by atoms with Crippen molar-refractivity contribution >= 4 is 17.1 Å². The number of allylic oxidation sites excluding steroid dienone is 1. The van der Waals surface area contributed by atoms with Gasteiger partial charge in [0.15, 0.2) is 0 Å². The minimum absolute atomic E-state index is 0.0636. The minimum Gasteiger partial charge on any atom is -0.445 e. The predicted octanol–water partition coefficient (Wildman–Crippen LogP) is 4.46. The van der Waals surface area contributed by atoms with Crippen LogP contribution in [0.25, 0.3) is 0 Å². The molecule has 5 heteroatoms. The van der Waals surface area contributed by atoms with Crippen LogP contribution in [0.15, 0.2) is 42.5 Å². The molecule has 1 aromatic carbocycles. The van der Waals surface area contributed by atoms with E-state index in [1.54, 1.807) is 0 Å². The molecular formula is C21H27NO3S. The molecule has 4 rings (SSSR count). The van der Waals surface area contributed by atoms with E-state index in [-0.39, 0.29) is 17.3 Å². The molecule has 0 aromatic heterocycles. The van der Waals surface area contributed by atoms with E-state index < -0.39 is 17.1 Å². The maximum Gasteiger partial charge on any atom is 0.419 e. The lowest BCUT2D eigenvalue weighted by atomic mass is 9.81. The number of hydrogen-bond acceptors (Lipinski definition) is 3. The number of rotatable bonds is 4. The second-order valence-electron chi connectivity index (χ2n) is 7.75. The SMILES string of the molecule is O=C(NS(=O)C1C=CC2CCCC21)OC1CCCCC1c1ccccc1. The highest BCUT2D eigenvalue weighted by Gasteiger charge is 2.39. The zero-order chi connectivity index (χ0) is 17.9. The van der Waals surface area contributed by atoms with Gasteiger partial charge in [0, 0.05) is 5.92 Å². The van der Waals surface area contributed by atoms with Crippen molar-refractivity contribution in [3.8, 4) is 0 Å². The van der Waals surface area contributed by atoms with Crippen LogP contribution in [-0.2, 0) is 15.7 Å². The Labute approximate surface area is 158 Å². The molecule has 0 radical (unpaired) electrons. The van der Waals surface area contributed by atoms with E-state index >= 15 is 0 Å². The number of ether oxygens (including phenoxy) is 1. The largest absolute Gasteiger partial charge is 0.445 e. The summed E-state index contributed by atoms with van der Waals surface area (Å²) in [5.41, 5.74) is 1.22. The van der Waals surface area contributed by atoms with E-state index in [1.165, 1.54) is 18.4 Å². The summed E-state index contributed by atoms with van der Waals surface area (Å²) in [6.07, 6.45) is 11.1. The average molecular weight is 374 g/mol. The summed E-state index contributed by atoms with van der Waals surface area (Å²) in [6.45, 7) is 0. The van der Waals surface area contributed by atoms with E-state index in [2.05, 4.69) is 22.9 Å². The van der Waals surface area contributed by atoms with Gasteiger partial charge in [0.25, 0.3) is 0 Å². The van der Waals surface area contributed by atoms with Crippen LogP contribution in [0.4, 0.5) is 4.79 Å². The molecule has 0 saturated heterocycles. The maximum atomic E-state index is 12.6. The van der Waals surface area contributed by atoms with Crippen LogP contribution in [0.2, 0.25) is 0 Å². The Bertz CT molecular complexity index is 690. The molecule has 0 bridgehead atoms. The lowest BCUT2D eigenvalue weighted by Crippen LogP contribution is -2.39. The molecule has 1 amide bonds. The third kappa shape index (κ3) is 3.73. The van der Waals surface area contributed by atoms with E-state index in [0.29, 0.717) is 11.8 Å². The highest BCUT2D eigenvalue weighted by atomic mass is 32.2. The minimum atomic E-state index is -1.41. The van der Waals surface area contributed by atoms with Crippen molar-refractivity contribution < 1.29 is 13.7 Å². The van der Waals surface area contributed by atoms with Crippen molar-refractivity contribution in [2.75, 3.05) is 0 Å². The standard InChI is InChI=1S/C21H27NO3S/c23-21(22-26(24)20-14-13-16-9-6-11-18(16)20)25-19-12-5-4-10-17(19)15-7-2-1-3-8-15/h1-3,7-8,13-14,16-20H,4-6,9-12H2,(H,22,23). The number of fused-ring (bicyclic) bond motifs is 1. The maximum absolute atomic E-state index is 12.6. The number of carbonyl (C=O) groups is 1. The van der Waals surface area contributed by atoms with E-state index in [0.717, 1.165) is 32.1 Å². The first-order valence-electron chi connectivity index (χ1n) is 9.83. The first-order chi connectivity index (χ1) is 12.7. The molecule has 0 spiro atoms. The molecule has 6 unspecified atom stereocenters. The van der Waals surface area contributed by atoms with E-state index in [4.69, 9.17) is 4.74 Å². The number of hydrogen-bond donors (Lipinski definition) is 1. The van der Waals surface area contributed by atoms with Crippen molar-refractivity contribution in [3.63, 3.8) is 0 Å². The highest BCUT2D eigenvalue weighted by molar-refractivity contribution is 7.84. The lowest BCUT2D eigenvalue weighted by Gasteiger charge is -2.31. The van der Waals surface area contributed by atoms with Gasteiger partial charge in [-0.15, -0.1) is 0 Å². The number of nitrogens with one attached hydrogen (secondary N) is 1. The van der Waals surface area contributed by atoms with Crippen molar-refractivity contribution in [3.05, 3.63) is 48.0 Å². The molecule has 0 heterocycles. The Morgan fingerprint density at radius 3 is 2.65 bits per heavy atom.